The van der Waals surface area contributed by atoms with E-state index in [-0.39, 0.29) is 18.4 Å². The van der Waals surface area contributed by atoms with Crippen molar-refractivity contribution in [2.24, 2.45) is 5.92 Å². The van der Waals surface area contributed by atoms with Crippen molar-refractivity contribution >= 4 is 5.91 Å². The Morgan fingerprint density at radius 1 is 1.50 bits per heavy atom. The van der Waals surface area contributed by atoms with E-state index in [2.05, 4.69) is 11.4 Å². The van der Waals surface area contributed by atoms with Gasteiger partial charge in [0.2, 0.25) is 5.91 Å². The Labute approximate surface area is 132 Å². The number of methoxy groups -OCH3 is 1. The lowest BCUT2D eigenvalue weighted by Gasteiger charge is -2.28. The summed E-state index contributed by atoms with van der Waals surface area (Å²) in [5, 5.41) is 12.1. The highest BCUT2D eigenvalue weighted by atomic mass is 16.5. The molecule has 0 aliphatic heterocycles. The van der Waals surface area contributed by atoms with Crippen LogP contribution in [-0.2, 0) is 11.3 Å². The predicted octanol–water partition coefficient (Wildman–Crippen LogP) is 2.18. The van der Waals surface area contributed by atoms with Crippen LogP contribution < -0.4 is 10.1 Å². The summed E-state index contributed by atoms with van der Waals surface area (Å²) in [4.78, 5) is 14.0. The molecule has 0 fully saturated rings. The number of benzene rings is 1. The molecule has 0 aliphatic carbocycles. The minimum atomic E-state index is -0.839. The zero-order valence-corrected chi connectivity index (χ0v) is 14.0. The lowest BCUT2D eigenvalue weighted by atomic mass is 9.90. The van der Waals surface area contributed by atoms with Gasteiger partial charge in [-0.3, -0.25) is 9.69 Å². The summed E-state index contributed by atoms with van der Waals surface area (Å²) in [7, 11) is 3.50. The molecule has 1 unspecified atom stereocenters. The summed E-state index contributed by atoms with van der Waals surface area (Å²) in [6.07, 6.45) is 0. The third-order valence-corrected chi connectivity index (χ3v) is 3.79. The molecule has 0 radical (unpaired) electrons. The number of likely N-dealkylation sites (N-methyl/N-ethyl adjacent to an activating group) is 1. The van der Waals surface area contributed by atoms with Gasteiger partial charge in [-0.2, -0.15) is 5.26 Å². The number of nitrogens with one attached hydrogen (secondary N) is 1. The molecule has 0 heterocycles. The predicted molar refractivity (Wildman–Crippen MR) is 86.3 cm³/mol. The van der Waals surface area contributed by atoms with Crippen LogP contribution in [0.2, 0.25) is 0 Å². The Kier molecular flexibility index (Phi) is 6.39. The average molecular weight is 303 g/mol. The van der Waals surface area contributed by atoms with E-state index in [1.54, 1.807) is 14.0 Å². The minimum Gasteiger partial charge on any atom is -0.497 e. The zero-order valence-electron chi connectivity index (χ0n) is 14.0. The molecule has 1 aromatic carbocycles. The molecule has 1 aromatic rings. The SMILES string of the molecule is COc1cccc(CN(C)CC(=O)NC(C)(C#N)C(C)C)c1. The maximum Gasteiger partial charge on any atom is 0.235 e. The molecule has 0 spiro atoms. The van der Waals surface area contributed by atoms with Crippen LogP contribution in [0.3, 0.4) is 0 Å². The van der Waals surface area contributed by atoms with Crippen molar-refractivity contribution < 1.29 is 9.53 Å². The average Bonchev–Trinajstić information content (AvgIpc) is 2.46. The van der Waals surface area contributed by atoms with Gasteiger partial charge in [0.1, 0.15) is 11.3 Å². The minimum absolute atomic E-state index is 0.0464. The Hall–Kier alpha value is -2.06. The Morgan fingerprint density at radius 2 is 2.18 bits per heavy atom. The van der Waals surface area contributed by atoms with Crippen molar-refractivity contribution in [1.29, 1.82) is 5.26 Å². The van der Waals surface area contributed by atoms with Gasteiger partial charge in [-0.25, -0.2) is 0 Å². The lowest BCUT2D eigenvalue weighted by Crippen LogP contribution is -2.51. The van der Waals surface area contributed by atoms with Crippen molar-refractivity contribution in [3.05, 3.63) is 29.8 Å². The maximum absolute atomic E-state index is 12.1. The molecule has 120 valence electrons. The largest absolute Gasteiger partial charge is 0.497 e. The number of ether oxygens (including phenoxy) is 1. The summed E-state index contributed by atoms with van der Waals surface area (Å²) < 4.78 is 5.19. The third kappa shape index (κ3) is 5.05. The fourth-order valence-electron chi connectivity index (χ4n) is 2.01. The molecule has 5 nitrogen and oxygen atoms in total. The van der Waals surface area contributed by atoms with Crippen molar-refractivity contribution in [1.82, 2.24) is 10.2 Å². The fraction of sp³-hybridized carbons (Fsp3) is 0.529. The number of carbonyl (C=O) groups is 1. The molecular weight excluding hydrogens is 278 g/mol. The van der Waals surface area contributed by atoms with Gasteiger partial charge in [0.15, 0.2) is 0 Å². The molecule has 5 heteroatoms. The van der Waals surface area contributed by atoms with Crippen LogP contribution in [0.1, 0.15) is 26.3 Å². The Balaban J connectivity index is 2.59. The second-order valence-electron chi connectivity index (χ2n) is 6.04. The van der Waals surface area contributed by atoms with Gasteiger partial charge in [-0.1, -0.05) is 26.0 Å². The van der Waals surface area contributed by atoms with Crippen molar-refractivity contribution in [2.45, 2.75) is 32.9 Å². The smallest absolute Gasteiger partial charge is 0.235 e. The van der Waals surface area contributed by atoms with Gasteiger partial charge in [0, 0.05) is 6.54 Å². The monoisotopic (exact) mass is 303 g/mol. The first-order chi connectivity index (χ1) is 10.3. The lowest BCUT2D eigenvalue weighted by molar-refractivity contribution is -0.123. The van der Waals surface area contributed by atoms with Crippen LogP contribution in [0.15, 0.2) is 24.3 Å². The number of hydrogen-bond donors (Lipinski definition) is 1. The summed E-state index contributed by atoms with van der Waals surface area (Å²) in [5.41, 5.74) is 0.231. The van der Waals surface area contributed by atoms with Gasteiger partial charge in [0.25, 0.3) is 0 Å². The molecule has 1 rings (SSSR count). The highest BCUT2D eigenvalue weighted by molar-refractivity contribution is 5.79. The highest BCUT2D eigenvalue weighted by Crippen LogP contribution is 2.16. The van der Waals surface area contributed by atoms with Crippen LogP contribution in [0.5, 0.6) is 5.75 Å². The molecular formula is C17H25N3O2. The Bertz CT molecular complexity index is 551. The van der Waals surface area contributed by atoms with E-state index in [0.29, 0.717) is 6.54 Å². The maximum atomic E-state index is 12.1. The third-order valence-electron chi connectivity index (χ3n) is 3.79. The number of nitriles is 1. The quantitative estimate of drug-likeness (QED) is 0.838. The molecule has 0 bridgehead atoms. The van der Waals surface area contributed by atoms with Gasteiger partial charge >= 0.3 is 0 Å². The van der Waals surface area contributed by atoms with Crippen molar-refractivity contribution in [3.63, 3.8) is 0 Å². The van der Waals surface area contributed by atoms with E-state index in [1.165, 1.54) is 0 Å². The van der Waals surface area contributed by atoms with E-state index in [4.69, 9.17) is 4.74 Å². The molecule has 0 aliphatic rings. The van der Waals surface area contributed by atoms with E-state index in [0.717, 1.165) is 11.3 Å². The number of rotatable bonds is 7. The summed E-state index contributed by atoms with van der Waals surface area (Å²) >= 11 is 0. The van der Waals surface area contributed by atoms with E-state index in [9.17, 15) is 10.1 Å². The topological polar surface area (TPSA) is 65.4 Å². The van der Waals surface area contributed by atoms with Crippen LogP contribution in [0.4, 0.5) is 0 Å². The van der Waals surface area contributed by atoms with Gasteiger partial charge in [-0.15, -0.1) is 0 Å². The zero-order chi connectivity index (χ0) is 16.8. The van der Waals surface area contributed by atoms with E-state index in [1.807, 2.05) is 50.1 Å². The van der Waals surface area contributed by atoms with Crippen LogP contribution in [0, 0.1) is 17.2 Å². The molecule has 1 amide bonds. The molecule has 1 atom stereocenters. The summed E-state index contributed by atoms with van der Waals surface area (Å²) in [6.45, 7) is 6.46. The standard InChI is InChI=1S/C17H25N3O2/c1-13(2)17(3,12-18)19-16(21)11-20(4)10-14-7-6-8-15(9-14)22-5/h6-9,13H,10-11H2,1-5H3,(H,19,21). The van der Waals surface area contributed by atoms with E-state index < -0.39 is 5.54 Å². The second kappa shape index (κ2) is 7.81. The number of hydrogen-bond acceptors (Lipinski definition) is 4. The first kappa shape index (κ1) is 18.0. The van der Waals surface area contributed by atoms with Gasteiger partial charge < -0.3 is 10.1 Å². The number of carbonyl (C=O) groups excluding carboxylic acids is 1. The molecule has 0 saturated heterocycles. The molecule has 0 aromatic heterocycles. The van der Waals surface area contributed by atoms with Gasteiger partial charge in [-0.05, 0) is 37.6 Å². The van der Waals surface area contributed by atoms with Crippen LogP contribution in [-0.4, -0.2) is 37.0 Å². The highest BCUT2D eigenvalue weighted by Gasteiger charge is 2.30. The summed E-state index contributed by atoms with van der Waals surface area (Å²) in [5.74, 6) is 0.695. The van der Waals surface area contributed by atoms with Crippen LogP contribution in [0.25, 0.3) is 0 Å². The van der Waals surface area contributed by atoms with Crippen LogP contribution >= 0.6 is 0 Å². The molecule has 1 N–H and O–H groups in total. The first-order valence-corrected chi connectivity index (χ1v) is 7.34. The number of amides is 1. The second-order valence-corrected chi connectivity index (χ2v) is 6.04. The fourth-order valence-corrected chi connectivity index (χ4v) is 2.01. The van der Waals surface area contributed by atoms with Crippen molar-refractivity contribution in [2.75, 3.05) is 20.7 Å². The number of nitrogens with zero attached hydrogens (tertiary/aromatic N) is 2. The first-order valence-electron chi connectivity index (χ1n) is 7.34. The molecule has 22 heavy (non-hydrogen) atoms. The normalized spacial score (nSPS) is 13.5. The van der Waals surface area contributed by atoms with E-state index >= 15 is 0 Å². The van der Waals surface area contributed by atoms with Gasteiger partial charge in [0.05, 0.1) is 19.7 Å². The Morgan fingerprint density at radius 3 is 2.73 bits per heavy atom. The van der Waals surface area contributed by atoms with Crippen molar-refractivity contribution in [3.8, 4) is 11.8 Å². The molecule has 0 saturated carbocycles. The summed E-state index contributed by atoms with van der Waals surface area (Å²) in [6, 6.07) is 9.93.